The van der Waals surface area contributed by atoms with Crippen LogP contribution in [0.3, 0.4) is 0 Å². The lowest BCUT2D eigenvalue weighted by Gasteiger charge is -2.12. The number of hydrogen-bond donors (Lipinski definition) is 2. The Morgan fingerprint density at radius 2 is 1.70 bits per heavy atom. The van der Waals surface area contributed by atoms with Gasteiger partial charge in [0.05, 0.1) is 22.9 Å². The van der Waals surface area contributed by atoms with Crippen molar-refractivity contribution in [2.24, 2.45) is 0 Å². The summed E-state index contributed by atoms with van der Waals surface area (Å²) in [6.07, 6.45) is 0.719. The van der Waals surface area contributed by atoms with Gasteiger partial charge in [0.25, 0.3) is 11.8 Å². The van der Waals surface area contributed by atoms with E-state index in [-0.39, 0.29) is 12.5 Å². The number of carbonyl (C=O) groups excluding carboxylic acids is 2. The lowest BCUT2D eigenvalue weighted by Crippen LogP contribution is -2.28. The van der Waals surface area contributed by atoms with E-state index in [1.165, 1.54) is 0 Å². The van der Waals surface area contributed by atoms with Gasteiger partial charge >= 0.3 is 0 Å². The summed E-state index contributed by atoms with van der Waals surface area (Å²) in [6, 6.07) is 25.3. The zero-order valence-electron chi connectivity index (χ0n) is 16.3. The minimum atomic E-state index is -0.401. The van der Waals surface area contributed by atoms with E-state index < -0.39 is 5.91 Å². The summed E-state index contributed by atoms with van der Waals surface area (Å²) in [5.41, 5.74) is 2.38. The first kappa shape index (κ1) is 20.6. The number of nitrogens with one attached hydrogen (secondary N) is 2. The zero-order chi connectivity index (χ0) is 21.2. The largest absolute Gasteiger partial charge is 0.484 e. The van der Waals surface area contributed by atoms with Crippen molar-refractivity contribution in [2.45, 2.75) is 6.42 Å². The Hall–Kier alpha value is -4.11. The highest BCUT2D eigenvalue weighted by Crippen LogP contribution is 2.16. The van der Waals surface area contributed by atoms with Crippen LogP contribution in [0.4, 0.5) is 5.69 Å². The topological polar surface area (TPSA) is 91.2 Å². The fourth-order valence-corrected chi connectivity index (χ4v) is 2.84. The maximum atomic E-state index is 12.6. The van der Waals surface area contributed by atoms with E-state index in [1.807, 2.05) is 36.4 Å². The van der Waals surface area contributed by atoms with Crippen molar-refractivity contribution >= 4 is 17.5 Å². The predicted molar refractivity (Wildman–Crippen MR) is 114 cm³/mol. The first-order chi connectivity index (χ1) is 14.7. The van der Waals surface area contributed by atoms with Crippen LogP contribution in [0.25, 0.3) is 0 Å². The number of anilines is 1. The summed E-state index contributed by atoms with van der Waals surface area (Å²) < 4.78 is 5.43. The van der Waals surface area contributed by atoms with Gasteiger partial charge in [-0.05, 0) is 42.3 Å². The molecule has 0 spiro atoms. The van der Waals surface area contributed by atoms with E-state index in [2.05, 4.69) is 10.6 Å². The van der Waals surface area contributed by atoms with Gasteiger partial charge in [-0.15, -0.1) is 0 Å². The van der Waals surface area contributed by atoms with Crippen molar-refractivity contribution < 1.29 is 14.3 Å². The fourth-order valence-electron chi connectivity index (χ4n) is 2.84. The average molecular weight is 399 g/mol. The summed E-state index contributed by atoms with van der Waals surface area (Å²) in [5.74, 6) is -0.234. The molecule has 2 amide bonds. The molecule has 0 aliphatic rings. The molecule has 0 atom stereocenters. The summed E-state index contributed by atoms with van der Waals surface area (Å²) >= 11 is 0. The number of para-hydroxylation sites is 1. The minimum Gasteiger partial charge on any atom is -0.484 e. The van der Waals surface area contributed by atoms with E-state index >= 15 is 0 Å². The van der Waals surface area contributed by atoms with Gasteiger partial charge in [-0.2, -0.15) is 5.26 Å². The van der Waals surface area contributed by atoms with Gasteiger partial charge in [0, 0.05) is 6.54 Å². The Bertz CT molecular complexity index is 1060. The Balaban J connectivity index is 1.55. The highest BCUT2D eigenvalue weighted by atomic mass is 16.5. The lowest BCUT2D eigenvalue weighted by atomic mass is 10.1. The molecule has 6 heteroatoms. The van der Waals surface area contributed by atoms with Crippen LogP contribution in [0, 0.1) is 11.3 Å². The summed E-state index contributed by atoms with van der Waals surface area (Å²) in [6.45, 7) is 0.252. The van der Waals surface area contributed by atoms with Crippen molar-refractivity contribution in [2.75, 3.05) is 18.5 Å². The molecule has 0 aliphatic carbocycles. The molecule has 2 N–H and O–H groups in total. The van der Waals surface area contributed by atoms with Crippen LogP contribution in [0.5, 0.6) is 5.75 Å². The van der Waals surface area contributed by atoms with Gasteiger partial charge in [-0.3, -0.25) is 9.59 Å². The number of ether oxygens (including phenoxy) is 1. The number of amides is 2. The summed E-state index contributed by atoms with van der Waals surface area (Å²) in [7, 11) is 0. The van der Waals surface area contributed by atoms with Crippen molar-refractivity contribution in [1.82, 2.24) is 5.32 Å². The number of nitriles is 1. The van der Waals surface area contributed by atoms with Crippen molar-refractivity contribution in [3.8, 4) is 11.8 Å². The second-order valence-corrected chi connectivity index (χ2v) is 6.51. The number of rotatable bonds is 8. The van der Waals surface area contributed by atoms with Gasteiger partial charge < -0.3 is 15.4 Å². The molecule has 0 bridgehead atoms. The molecule has 0 radical (unpaired) electrons. The molecule has 0 aliphatic heterocycles. The van der Waals surface area contributed by atoms with E-state index in [9.17, 15) is 9.59 Å². The van der Waals surface area contributed by atoms with E-state index in [1.54, 1.807) is 48.5 Å². The Kier molecular flexibility index (Phi) is 7.17. The highest BCUT2D eigenvalue weighted by Gasteiger charge is 2.13. The third-order valence-electron chi connectivity index (χ3n) is 4.32. The maximum Gasteiger partial charge on any atom is 0.262 e. The van der Waals surface area contributed by atoms with Crippen LogP contribution in [0.15, 0.2) is 78.9 Å². The molecule has 0 aromatic heterocycles. The Morgan fingerprint density at radius 3 is 2.50 bits per heavy atom. The summed E-state index contributed by atoms with van der Waals surface area (Å²) in [5, 5.41) is 14.5. The minimum absolute atomic E-state index is 0.237. The quantitative estimate of drug-likeness (QED) is 0.606. The highest BCUT2D eigenvalue weighted by molar-refractivity contribution is 6.04. The number of carbonyl (C=O) groups is 2. The van der Waals surface area contributed by atoms with Crippen molar-refractivity contribution in [3.63, 3.8) is 0 Å². The smallest absolute Gasteiger partial charge is 0.262 e. The van der Waals surface area contributed by atoms with Gasteiger partial charge in [0.2, 0.25) is 0 Å². The van der Waals surface area contributed by atoms with E-state index in [0.717, 1.165) is 12.0 Å². The molecule has 3 rings (SSSR count). The fraction of sp³-hybridized carbons (Fsp3) is 0.125. The predicted octanol–water partition coefficient (Wildman–Crippen LogP) is 3.55. The van der Waals surface area contributed by atoms with Crippen molar-refractivity contribution in [3.05, 3.63) is 95.6 Å². The SMILES string of the molecule is N#Cc1cccc(OCC(=O)Nc2ccccc2C(=O)NCCc2ccccc2)c1. The summed E-state index contributed by atoms with van der Waals surface area (Å²) in [4.78, 5) is 24.8. The first-order valence-corrected chi connectivity index (χ1v) is 9.49. The average Bonchev–Trinajstić information content (AvgIpc) is 2.79. The van der Waals surface area contributed by atoms with Crippen LogP contribution in [-0.2, 0) is 11.2 Å². The number of nitrogens with zero attached hydrogens (tertiary/aromatic N) is 1. The van der Waals surface area contributed by atoms with Crippen LogP contribution >= 0.6 is 0 Å². The Morgan fingerprint density at radius 1 is 0.933 bits per heavy atom. The number of hydrogen-bond acceptors (Lipinski definition) is 4. The molecule has 0 heterocycles. The number of benzene rings is 3. The second-order valence-electron chi connectivity index (χ2n) is 6.51. The van der Waals surface area contributed by atoms with Crippen LogP contribution in [0.2, 0.25) is 0 Å². The molecule has 150 valence electrons. The van der Waals surface area contributed by atoms with Crippen LogP contribution in [0.1, 0.15) is 21.5 Å². The zero-order valence-corrected chi connectivity index (χ0v) is 16.3. The second kappa shape index (κ2) is 10.4. The molecule has 0 saturated carbocycles. The van der Waals surface area contributed by atoms with Gasteiger partial charge in [0.15, 0.2) is 6.61 Å². The van der Waals surface area contributed by atoms with Gasteiger partial charge in [-0.25, -0.2) is 0 Å². The first-order valence-electron chi connectivity index (χ1n) is 9.49. The van der Waals surface area contributed by atoms with E-state index in [4.69, 9.17) is 10.00 Å². The molecule has 0 unspecified atom stereocenters. The molecule has 3 aromatic carbocycles. The van der Waals surface area contributed by atoms with Crippen LogP contribution < -0.4 is 15.4 Å². The Labute approximate surface area is 175 Å². The molecule has 3 aromatic rings. The molecule has 0 saturated heterocycles. The van der Waals surface area contributed by atoms with E-state index in [0.29, 0.717) is 29.1 Å². The van der Waals surface area contributed by atoms with Crippen LogP contribution in [-0.4, -0.2) is 25.0 Å². The van der Waals surface area contributed by atoms with Crippen molar-refractivity contribution in [1.29, 1.82) is 5.26 Å². The lowest BCUT2D eigenvalue weighted by molar-refractivity contribution is -0.118. The molecule has 6 nitrogen and oxygen atoms in total. The molecular formula is C24H21N3O3. The van der Waals surface area contributed by atoms with Gasteiger partial charge in [0.1, 0.15) is 5.75 Å². The molecule has 30 heavy (non-hydrogen) atoms. The molecular weight excluding hydrogens is 378 g/mol. The maximum absolute atomic E-state index is 12.6. The third-order valence-corrected chi connectivity index (χ3v) is 4.32. The normalized spacial score (nSPS) is 9.97. The third kappa shape index (κ3) is 5.94. The monoisotopic (exact) mass is 399 g/mol. The molecule has 0 fully saturated rings. The standard InChI is InChI=1S/C24H21N3O3/c25-16-19-9-6-10-20(15-19)30-17-23(28)27-22-12-5-4-11-21(22)24(29)26-14-13-18-7-2-1-3-8-18/h1-12,15H,13-14,17H2,(H,26,29)(H,27,28). The van der Waals surface area contributed by atoms with Gasteiger partial charge in [-0.1, -0.05) is 48.5 Å².